The van der Waals surface area contributed by atoms with E-state index < -0.39 is 0 Å². The van der Waals surface area contributed by atoms with Crippen molar-refractivity contribution in [3.05, 3.63) is 0 Å². The molecule has 0 aliphatic carbocycles. The highest BCUT2D eigenvalue weighted by atomic mass is 33.7. The van der Waals surface area contributed by atoms with Crippen molar-refractivity contribution < 1.29 is 9.59 Å². The molecular formula is C8H8N2O2S10. The summed E-state index contributed by atoms with van der Waals surface area (Å²) in [5, 5.41) is 0. The van der Waals surface area contributed by atoms with Gasteiger partial charge in [-0.25, -0.2) is 0 Å². The number of thiocarbonyl (C=S) groups is 2. The van der Waals surface area contributed by atoms with E-state index in [2.05, 4.69) is 0 Å². The van der Waals surface area contributed by atoms with Gasteiger partial charge in [0, 0.05) is 70.1 Å². The van der Waals surface area contributed by atoms with Crippen molar-refractivity contribution in [3.8, 4) is 0 Å². The van der Waals surface area contributed by atoms with Gasteiger partial charge in [0.05, 0.1) is 0 Å². The van der Waals surface area contributed by atoms with Crippen molar-refractivity contribution in [2.24, 2.45) is 0 Å². The van der Waals surface area contributed by atoms with E-state index in [1.807, 2.05) is 8.61 Å². The Morgan fingerprint density at radius 2 is 1.27 bits per heavy atom. The number of carbonyl (C=O) groups excluding carboxylic acids is 2. The lowest BCUT2D eigenvalue weighted by molar-refractivity contribution is 0.275. The molecule has 0 saturated carbocycles. The molecule has 0 aromatic rings. The number of hydrogen-bond acceptors (Lipinski definition) is 12. The molecule has 0 N–H and O–H groups in total. The molecule has 0 bridgehead atoms. The van der Waals surface area contributed by atoms with Gasteiger partial charge in [-0.2, -0.15) is 0 Å². The molecule has 4 nitrogen and oxygen atoms in total. The predicted octanol–water partition coefficient (Wildman–Crippen LogP) is 5.87. The van der Waals surface area contributed by atoms with Crippen LogP contribution >= 0.6 is 113 Å². The maximum atomic E-state index is 11.8. The second-order valence-electron chi connectivity index (χ2n) is 3.42. The number of nitrogens with zero attached hydrogens (tertiary/aromatic N) is 2. The van der Waals surface area contributed by atoms with E-state index in [-0.39, 0.29) is 8.89 Å². The Kier molecular flexibility index (Phi) is 9.94. The molecule has 14 heteroatoms. The summed E-state index contributed by atoms with van der Waals surface area (Å²) in [7, 11) is 4.82. The van der Waals surface area contributed by atoms with Gasteiger partial charge in [-0.05, 0) is 19.7 Å². The van der Waals surface area contributed by atoms with E-state index in [9.17, 15) is 9.59 Å². The van der Waals surface area contributed by atoms with Gasteiger partial charge in [0.2, 0.25) is 0 Å². The fourth-order valence-corrected chi connectivity index (χ4v) is 11.6. The van der Waals surface area contributed by atoms with Gasteiger partial charge in [-0.1, -0.05) is 48.0 Å². The normalized spacial score (nSPS) is 18.4. The Balaban J connectivity index is 1.54. The molecule has 2 rings (SSSR count). The first-order valence-electron chi connectivity index (χ1n) is 5.56. The van der Waals surface area contributed by atoms with Crippen LogP contribution in [0.5, 0.6) is 0 Å². The summed E-state index contributed by atoms with van der Waals surface area (Å²) in [6.07, 6.45) is 0. The number of hydrogen-bond donors (Lipinski definition) is 0. The van der Waals surface area contributed by atoms with Crippen LogP contribution in [0.3, 0.4) is 0 Å². The third kappa shape index (κ3) is 7.04. The summed E-state index contributed by atoms with van der Waals surface area (Å²) < 4.78 is 5.14. The zero-order chi connectivity index (χ0) is 15.9. The van der Waals surface area contributed by atoms with Crippen LogP contribution < -0.4 is 0 Å². The van der Waals surface area contributed by atoms with Crippen molar-refractivity contribution in [2.75, 3.05) is 24.6 Å². The van der Waals surface area contributed by atoms with Crippen LogP contribution in [0.4, 0.5) is 9.59 Å². The van der Waals surface area contributed by atoms with Crippen molar-refractivity contribution in [2.45, 2.75) is 0 Å². The van der Waals surface area contributed by atoms with Gasteiger partial charge >= 0.3 is 0 Å². The number of carbonyl (C=O) groups is 2. The first kappa shape index (κ1) is 20.2. The average Bonchev–Trinajstić information content (AvgIpc) is 3.05. The molecule has 122 valence electrons. The monoisotopic (exact) mass is 484 g/mol. The Labute approximate surface area is 171 Å². The lowest BCUT2D eigenvalue weighted by atomic mass is 10.8. The van der Waals surface area contributed by atoms with Gasteiger partial charge < -0.3 is 0 Å². The van der Waals surface area contributed by atoms with Gasteiger partial charge in [-0.15, -0.1) is 0 Å². The zero-order valence-electron chi connectivity index (χ0n) is 10.6. The molecule has 0 atom stereocenters. The lowest BCUT2D eigenvalue weighted by Gasteiger charge is -2.13. The topological polar surface area (TPSA) is 40.6 Å². The molecule has 22 heavy (non-hydrogen) atoms. The van der Waals surface area contributed by atoms with Gasteiger partial charge in [0.1, 0.15) is 8.64 Å². The fourth-order valence-electron chi connectivity index (χ4n) is 1.22. The molecule has 0 aromatic heterocycles. The molecule has 0 radical (unpaired) electrons. The Morgan fingerprint density at radius 3 is 1.59 bits per heavy atom. The predicted molar refractivity (Wildman–Crippen MR) is 120 cm³/mol. The minimum absolute atomic E-state index is 0.0276. The average molecular weight is 485 g/mol. The third-order valence-corrected chi connectivity index (χ3v) is 13.6. The van der Waals surface area contributed by atoms with Crippen LogP contribution in [0.2, 0.25) is 0 Å². The van der Waals surface area contributed by atoms with Crippen molar-refractivity contribution in [1.82, 2.24) is 8.61 Å². The fraction of sp³-hybridized carbons (Fsp3) is 0.500. The first-order chi connectivity index (χ1) is 10.6. The van der Waals surface area contributed by atoms with Crippen LogP contribution in [0.15, 0.2) is 0 Å². The number of thioether (sulfide) groups is 2. The summed E-state index contributed by atoms with van der Waals surface area (Å²) in [4.78, 5) is 23.5. The quantitative estimate of drug-likeness (QED) is 0.202. The highest BCUT2D eigenvalue weighted by Gasteiger charge is 2.23. The van der Waals surface area contributed by atoms with E-state index in [0.29, 0.717) is 0 Å². The van der Waals surface area contributed by atoms with Crippen LogP contribution in [0.25, 0.3) is 0 Å². The smallest absolute Gasteiger partial charge is 0.277 e. The lowest BCUT2D eigenvalue weighted by Crippen LogP contribution is -2.15. The SMILES string of the molecule is O=C(SSSSC(=O)SN1CCSC1=S)SN1CCSC1=S. The minimum atomic E-state index is -0.0276. The van der Waals surface area contributed by atoms with Crippen LogP contribution in [-0.4, -0.2) is 50.7 Å². The highest BCUT2D eigenvalue weighted by molar-refractivity contribution is 9.30. The summed E-state index contributed by atoms with van der Waals surface area (Å²) in [5.74, 6) is 1.87. The first-order valence-corrected chi connectivity index (χ1v) is 14.7. The molecule has 0 aromatic carbocycles. The third-order valence-electron chi connectivity index (χ3n) is 2.05. The molecular weight excluding hydrogens is 477 g/mol. The molecule has 0 amide bonds. The maximum absolute atomic E-state index is 11.8. The van der Waals surface area contributed by atoms with Crippen LogP contribution in [-0.2, 0) is 0 Å². The highest BCUT2D eigenvalue weighted by Crippen LogP contribution is 2.48. The molecule has 2 fully saturated rings. The zero-order valence-corrected chi connectivity index (χ0v) is 18.8. The molecule has 2 aliphatic rings. The summed E-state index contributed by atoms with van der Waals surface area (Å²) >= 11 is 15.7. The second-order valence-corrected chi connectivity index (χ2v) is 15.0. The summed E-state index contributed by atoms with van der Waals surface area (Å²) in [6, 6.07) is 0. The van der Waals surface area contributed by atoms with E-state index in [0.717, 1.165) is 78.7 Å². The second kappa shape index (κ2) is 10.8. The van der Waals surface area contributed by atoms with E-state index in [1.54, 1.807) is 23.5 Å². The maximum Gasteiger partial charge on any atom is 0.277 e. The van der Waals surface area contributed by atoms with Crippen molar-refractivity contribution in [3.63, 3.8) is 0 Å². The van der Waals surface area contributed by atoms with E-state index >= 15 is 0 Å². The Hall–Kier alpha value is 1.92. The standard InChI is InChI=1S/C8H8N2O2S10/c11-7(17-9-1-3-15-5(9)13)19-21-22-20-8(12)18-10-2-4-16-6(10)14/h1-4H2. The molecule has 2 aliphatic heterocycles. The molecule has 0 unspecified atom stereocenters. The van der Waals surface area contributed by atoms with Crippen molar-refractivity contribution >= 4 is 131 Å². The number of rotatable bonds is 5. The van der Waals surface area contributed by atoms with Crippen molar-refractivity contribution in [1.29, 1.82) is 0 Å². The largest absolute Gasteiger partial charge is 0.293 e. The van der Waals surface area contributed by atoms with Gasteiger partial charge in [0.25, 0.3) is 8.89 Å². The minimum Gasteiger partial charge on any atom is -0.293 e. The van der Waals surface area contributed by atoms with Crippen LogP contribution in [0.1, 0.15) is 0 Å². The molecule has 2 saturated heterocycles. The van der Waals surface area contributed by atoms with Gasteiger partial charge in [-0.3, -0.25) is 18.2 Å². The summed E-state index contributed by atoms with van der Waals surface area (Å²) in [5.41, 5.74) is 0. The van der Waals surface area contributed by atoms with E-state index in [1.165, 1.54) is 19.7 Å². The summed E-state index contributed by atoms with van der Waals surface area (Å²) in [6.45, 7) is 1.60. The Bertz CT molecular complexity index is 432. The molecule has 0 spiro atoms. The molecule has 2 heterocycles. The van der Waals surface area contributed by atoms with Gasteiger partial charge in [0.15, 0.2) is 0 Å². The van der Waals surface area contributed by atoms with E-state index in [4.69, 9.17) is 24.4 Å². The Morgan fingerprint density at radius 1 is 0.864 bits per heavy atom. The van der Waals surface area contributed by atoms with Crippen LogP contribution in [0, 0.1) is 0 Å².